The molecule has 0 heteroatoms. The van der Waals surface area contributed by atoms with E-state index in [2.05, 4.69) is 83.1 Å². The maximum absolute atomic E-state index is 2.48. The molecule has 30 heavy (non-hydrogen) atoms. The van der Waals surface area contributed by atoms with Crippen molar-refractivity contribution in [3.63, 3.8) is 0 Å². The van der Waals surface area contributed by atoms with E-state index in [1.54, 1.807) is 21.9 Å². The predicted octanol–water partition coefficient (Wildman–Crippen LogP) is 8.62. The van der Waals surface area contributed by atoms with Crippen molar-refractivity contribution in [1.82, 2.24) is 0 Å². The fourth-order valence-electron chi connectivity index (χ4n) is 7.19. The van der Waals surface area contributed by atoms with Crippen molar-refractivity contribution in [2.45, 2.75) is 93.9 Å². The lowest BCUT2D eigenvalue weighted by Crippen LogP contribution is -2.36. The number of benzene rings is 4. The maximum Gasteiger partial charge on any atom is -0.000262 e. The number of hydrogen-bond acceptors (Lipinski definition) is 0. The Morgan fingerprint density at radius 3 is 1.07 bits per heavy atom. The summed E-state index contributed by atoms with van der Waals surface area (Å²) in [6.07, 6.45) is 0. The van der Waals surface area contributed by atoms with Gasteiger partial charge in [0.15, 0.2) is 0 Å². The molecule has 0 fully saturated rings. The van der Waals surface area contributed by atoms with Crippen molar-refractivity contribution in [3.8, 4) is 0 Å². The Morgan fingerprint density at radius 1 is 0.300 bits per heavy atom. The van der Waals surface area contributed by atoms with Gasteiger partial charge in [-0.15, -0.1) is 0 Å². The molecule has 1 aliphatic carbocycles. The zero-order valence-corrected chi connectivity index (χ0v) is 21.0. The molecule has 0 spiro atoms. The summed E-state index contributed by atoms with van der Waals surface area (Å²) in [5, 5.41) is 9.19. The van der Waals surface area contributed by atoms with Crippen LogP contribution < -0.4 is 0 Å². The Bertz CT molecular complexity index is 1440. The Balaban J connectivity index is 2.35. The van der Waals surface area contributed by atoms with Crippen LogP contribution in [-0.2, 0) is 10.8 Å². The third kappa shape index (κ3) is 1.79. The molecule has 4 aromatic rings. The molecule has 0 saturated heterocycles. The number of aryl methyl sites for hydroxylation is 6. The summed E-state index contributed by atoms with van der Waals surface area (Å²) >= 11 is 0. The van der Waals surface area contributed by atoms with Gasteiger partial charge in [-0.25, -0.2) is 0 Å². The molecule has 0 unspecified atom stereocenters. The molecule has 0 aliphatic heterocycles. The van der Waals surface area contributed by atoms with Gasteiger partial charge >= 0.3 is 0 Å². The molecule has 0 atom stereocenters. The van der Waals surface area contributed by atoms with Crippen LogP contribution >= 0.6 is 0 Å². The molecular weight excluding hydrogens is 360 g/mol. The van der Waals surface area contributed by atoms with Crippen molar-refractivity contribution < 1.29 is 0 Å². The molecule has 0 amide bonds. The van der Waals surface area contributed by atoms with Gasteiger partial charge in [0.2, 0.25) is 0 Å². The van der Waals surface area contributed by atoms with Crippen LogP contribution in [0.15, 0.2) is 0 Å². The first kappa shape index (κ1) is 19.9. The van der Waals surface area contributed by atoms with E-state index < -0.39 is 0 Å². The Kier molecular flexibility index (Phi) is 3.57. The van der Waals surface area contributed by atoms with E-state index in [0.29, 0.717) is 0 Å². The molecule has 4 aromatic carbocycles. The third-order valence-electron chi connectivity index (χ3n) is 9.81. The van der Waals surface area contributed by atoms with E-state index >= 15 is 0 Å². The van der Waals surface area contributed by atoms with Gasteiger partial charge in [0.1, 0.15) is 0 Å². The number of rotatable bonds is 0. The third-order valence-corrected chi connectivity index (χ3v) is 9.81. The van der Waals surface area contributed by atoms with E-state index in [1.807, 2.05) is 0 Å². The highest BCUT2D eigenvalue weighted by molar-refractivity contribution is 6.30. The SMILES string of the molecule is Cc1c(C)c2c(C)c(C)c3c(C)c(C)c4c5c(c(C)c(c1C)c2c35)C(C)(C)C4(C)C. The molecule has 0 nitrogen and oxygen atoms in total. The highest BCUT2D eigenvalue weighted by atomic mass is 14.5. The van der Waals surface area contributed by atoms with E-state index in [1.165, 1.54) is 66.1 Å². The highest BCUT2D eigenvalue weighted by Gasteiger charge is 2.50. The summed E-state index contributed by atoms with van der Waals surface area (Å²) < 4.78 is 0. The highest BCUT2D eigenvalue weighted by Crippen LogP contribution is 2.60. The first-order valence-corrected chi connectivity index (χ1v) is 11.5. The van der Waals surface area contributed by atoms with E-state index in [4.69, 9.17) is 0 Å². The maximum atomic E-state index is 2.48. The van der Waals surface area contributed by atoms with Gasteiger partial charge < -0.3 is 0 Å². The Labute approximate surface area is 182 Å². The van der Waals surface area contributed by atoms with Crippen molar-refractivity contribution in [2.75, 3.05) is 0 Å². The summed E-state index contributed by atoms with van der Waals surface area (Å²) in [5.41, 5.74) is 15.2. The zero-order valence-electron chi connectivity index (χ0n) is 21.0. The summed E-state index contributed by atoms with van der Waals surface area (Å²) in [6.45, 7) is 28.8. The van der Waals surface area contributed by atoms with Crippen molar-refractivity contribution >= 4 is 32.3 Å². The monoisotopic (exact) mass is 396 g/mol. The van der Waals surface area contributed by atoms with Gasteiger partial charge in [-0.2, -0.15) is 0 Å². The molecule has 0 radical (unpaired) electrons. The molecule has 0 N–H and O–H groups in total. The Morgan fingerprint density at radius 2 is 0.600 bits per heavy atom. The average molecular weight is 397 g/mol. The number of hydrogen-bond donors (Lipinski definition) is 0. The standard InChI is InChI=1S/C30H36/c1-13-14(2)21-16(4)17(5)22-18(6)19(7)27-26-25(22)24(21)23(15(13)3)20(8)28(26)30(11,12)29(27,9)10/h1-12H3. The quantitative estimate of drug-likeness (QED) is 0.261. The minimum atomic E-state index is 0.0962. The average Bonchev–Trinajstić information content (AvgIpc) is 2.82. The van der Waals surface area contributed by atoms with Crippen LogP contribution in [0.3, 0.4) is 0 Å². The minimum absolute atomic E-state index is 0.0962. The van der Waals surface area contributed by atoms with Gasteiger partial charge in [0.25, 0.3) is 0 Å². The van der Waals surface area contributed by atoms with Crippen LogP contribution in [-0.4, -0.2) is 0 Å². The topological polar surface area (TPSA) is 0 Å². The van der Waals surface area contributed by atoms with Crippen LogP contribution in [0.2, 0.25) is 0 Å². The van der Waals surface area contributed by atoms with Gasteiger partial charge in [-0.3, -0.25) is 0 Å². The van der Waals surface area contributed by atoms with Gasteiger partial charge in [0.05, 0.1) is 0 Å². The fourth-order valence-corrected chi connectivity index (χ4v) is 7.19. The predicted molar refractivity (Wildman–Crippen MR) is 134 cm³/mol. The van der Waals surface area contributed by atoms with Crippen LogP contribution in [0.1, 0.15) is 83.3 Å². The summed E-state index contributed by atoms with van der Waals surface area (Å²) in [7, 11) is 0. The largest absolute Gasteiger partial charge is 0.0549 e. The van der Waals surface area contributed by atoms with Crippen LogP contribution in [0.25, 0.3) is 32.3 Å². The second kappa shape index (κ2) is 5.39. The molecule has 1 aliphatic rings. The fraction of sp³-hybridized carbons (Fsp3) is 0.467. The lowest BCUT2D eigenvalue weighted by atomic mass is 9.65. The second-order valence-corrected chi connectivity index (χ2v) is 11.2. The van der Waals surface area contributed by atoms with Crippen molar-refractivity contribution in [2.24, 2.45) is 0 Å². The minimum Gasteiger partial charge on any atom is -0.0549 e. The first-order chi connectivity index (χ1) is 13.8. The van der Waals surface area contributed by atoms with E-state index in [9.17, 15) is 0 Å². The summed E-state index contributed by atoms with van der Waals surface area (Å²) in [4.78, 5) is 0. The lowest BCUT2D eigenvalue weighted by molar-refractivity contribution is 0.320. The molecule has 0 aromatic heterocycles. The summed E-state index contributed by atoms with van der Waals surface area (Å²) in [5.74, 6) is 0. The van der Waals surface area contributed by atoms with Crippen molar-refractivity contribution in [1.29, 1.82) is 0 Å². The Hall–Kier alpha value is -2.08. The van der Waals surface area contributed by atoms with Gasteiger partial charge in [-0.1, -0.05) is 27.7 Å². The second-order valence-electron chi connectivity index (χ2n) is 11.2. The normalized spacial score (nSPS) is 17.2. The molecule has 0 saturated carbocycles. The molecule has 0 bridgehead atoms. The van der Waals surface area contributed by atoms with Gasteiger partial charge in [-0.05, 0) is 154 Å². The van der Waals surface area contributed by atoms with Crippen molar-refractivity contribution in [3.05, 3.63) is 55.6 Å². The van der Waals surface area contributed by atoms with E-state index in [0.717, 1.165) is 0 Å². The van der Waals surface area contributed by atoms with Crippen LogP contribution in [0.5, 0.6) is 0 Å². The lowest BCUT2D eigenvalue weighted by Gasteiger charge is -2.38. The van der Waals surface area contributed by atoms with Crippen LogP contribution in [0, 0.1) is 55.4 Å². The van der Waals surface area contributed by atoms with Crippen LogP contribution in [0.4, 0.5) is 0 Å². The zero-order chi connectivity index (χ0) is 22.2. The molecule has 156 valence electrons. The van der Waals surface area contributed by atoms with E-state index in [-0.39, 0.29) is 10.8 Å². The smallest absolute Gasteiger partial charge is 0.000262 e. The van der Waals surface area contributed by atoms with Gasteiger partial charge in [0, 0.05) is 0 Å². The first-order valence-electron chi connectivity index (χ1n) is 11.5. The summed E-state index contributed by atoms with van der Waals surface area (Å²) in [6, 6.07) is 0. The molecular formula is C30H36. The molecule has 5 rings (SSSR count). The molecule has 0 heterocycles.